The third-order valence-electron chi connectivity index (χ3n) is 6.50. The maximum Gasteiger partial charge on any atom is 0.274 e. The molecule has 0 unspecified atom stereocenters. The highest BCUT2D eigenvalue weighted by atomic mass is 16.3. The van der Waals surface area contributed by atoms with E-state index in [2.05, 4.69) is 25.5 Å². The minimum Gasteiger partial charge on any atom is -0.395 e. The first-order valence-electron chi connectivity index (χ1n) is 11.9. The fourth-order valence-electron chi connectivity index (χ4n) is 4.50. The molecule has 0 bridgehead atoms. The lowest BCUT2D eigenvalue weighted by molar-refractivity contribution is 0.102. The topological polar surface area (TPSA) is 90.4 Å². The molecule has 0 aliphatic heterocycles. The van der Waals surface area contributed by atoms with Crippen molar-refractivity contribution >= 4 is 17.4 Å². The monoisotopic (exact) mass is 437 g/mol. The van der Waals surface area contributed by atoms with Crippen LogP contribution in [0.1, 0.15) is 66.6 Å². The van der Waals surface area contributed by atoms with E-state index < -0.39 is 0 Å². The van der Waals surface area contributed by atoms with Crippen molar-refractivity contribution in [3.05, 3.63) is 47.4 Å². The zero-order valence-corrected chi connectivity index (χ0v) is 19.0. The van der Waals surface area contributed by atoms with E-state index in [1.54, 1.807) is 0 Å². The standard InChI is InChI=1S/C25H35N5O2/c1-18-13-20(15-26-11-12-31)9-10-22(18)29-25(32)23-14-24(28-17-27-23)30(16-19-7-8-19)21-5-3-2-4-6-21/h9-10,13-14,17,19,21,26,31H,2-8,11-12,15-16H2,1H3,(H,29,32). The molecule has 0 radical (unpaired) electrons. The van der Waals surface area contributed by atoms with E-state index in [-0.39, 0.29) is 12.5 Å². The molecule has 1 heterocycles. The molecule has 2 saturated carbocycles. The molecule has 1 amide bonds. The van der Waals surface area contributed by atoms with Crippen LogP contribution < -0.4 is 15.5 Å². The molecule has 0 atom stereocenters. The Morgan fingerprint density at radius 3 is 2.66 bits per heavy atom. The average Bonchev–Trinajstić information content (AvgIpc) is 3.64. The number of nitrogens with one attached hydrogen (secondary N) is 2. The van der Waals surface area contributed by atoms with Crippen LogP contribution >= 0.6 is 0 Å². The van der Waals surface area contributed by atoms with Gasteiger partial charge in [0.1, 0.15) is 17.8 Å². The van der Waals surface area contributed by atoms with Crippen LogP contribution in [0.5, 0.6) is 0 Å². The number of hydrogen-bond donors (Lipinski definition) is 3. The van der Waals surface area contributed by atoms with E-state index in [4.69, 9.17) is 5.11 Å². The van der Waals surface area contributed by atoms with Gasteiger partial charge < -0.3 is 20.6 Å². The Labute approximate surface area is 190 Å². The summed E-state index contributed by atoms with van der Waals surface area (Å²) in [7, 11) is 0. The molecule has 32 heavy (non-hydrogen) atoms. The third-order valence-corrected chi connectivity index (χ3v) is 6.50. The van der Waals surface area contributed by atoms with Crippen molar-refractivity contribution in [3.8, 4) is 0 Å². The van der Waals surface area contributed by atoms with E-state index in [9.17, 15) is 4.79 Å². The number of amides is 1. The van der Waals surface area contributed by atoms with Crippen LogP contribution in [0.2, 0.25) is 0 Å². The summed E-state index contributed by atoms with van der Waals surface area (Å²) in [5.41, 5.74) is 3.29. The first-order valence-corrected chi connectivity index (χ1v) is 11.9. The summed E-state index contributed by atoms with van der Waals surface area (Å²) in [5, 5.41) is 15.1. The van der Waals surface area contributed by atoms with Gasteiger partial charge in [-0.1, -0.05) is 31.4 Å². The third kappa shape index (κ3) is 6.04. The second-order valence-electron chi connectivity index (χ2n) is 9.15. The Bertz CT molecular complexity index is 909. The Kier molecular flexibility index (Phi) is 7.71. The van der Waals surface area contributed by atoms with Crippen molar-refractivity contribution < 1.29 is 9.90 Å². The van der Waals surface area contributed by atoms with Crippen LogP contribution in [-0.2, 0) is 6.54 Å². The van der Waals surface area contributed by atoms with Crippen LogP contribution in [0.25, 0.3) is 0 Å². The summed E-state index contributed by atoms with van der Waals surface area (Å²) in [5.74, 6) is 1.43. The van der Waals surface area contributed by atoms with Crippen LogP contribution in [0, 0.1) is 12.8 Å². The molecule has 2 fully saturated rings. The van der Waals surface area contributed by atoms with Gasteiger partial charge in [0.05, 0.1) is 6.61 Å². The van der Waals surface area contributed by atoms with Gasteiger partial charge in [0.25, 0.3) is 5.91 Å². The van der Waals surface area contributed by atoms with Crippen molar-refractivity contribution in [2.45, 2.75) is 64.5 Å². The number of aryl methyl sites for hydroxylation is 1. The van der Waals surface area contributed by atoms with Gasteiger partial charge in [0.2, 0.25) is 0 Å². The average molecular weight is 438 g/mol. The summed E-state index contributed by atoms with van der Waals surface area (Å²) in [6.07, 6.45) is 10.4. The van der Waals surface area contributed by atoms with Gasteiger partial charge in [-0.05, 0) is 55.7 Å². The molecule has 7 heteroatoms. The zero-order valence-electron chi connectivity index (χ0n) is 19.0. The number of nitrogens with zero attached hydrogens (tertiary/aromatic N) is 3. The normalized spacial score (nSPS) is 16.7. The highest BCUT2D eigenvalue weighted by molar-refractivity contribution is 6.03. The van der Waals surface area contributed by atoms with Crippen molar-refractivity contribution in [2.75, 3.05) is 29.9 Å². The van der Waals surface area contributed by atoms with E-state index in [0.29, 0.717) is 24.8 Å². The molecule has 2 aromatic rings. The molecule has 2 aliphatic carbocycles. The number of anilines is 2. The molecule has 0 saturated heterocycles. The Hall–Kier alpha value is -2.51. The van der Waals surface area contributed by atoms with Crippen molar-refractivity contribution in [3.63, 3.8) is 0 Å². The molecule has 2 aliphatic rings. The van der Waals surface area contributed by atoms with E-state index in [1.165, 1.54) is 51.3 Å². The maximum absolute atomic E-state index is 13.0. The molecule has 1 aromatic carbocycles. The van der Waals surface area contributed by atoms with Crippen LogP contribution in [0.15, 0.2) is 30.6 Å². The van der Waals surface area contributed by atoms with Crippen LogP contribution in [-0.4, -0.2) is 46.7 Å². The molecule has 4 rings (SSSR count). The molecular formula is C25H35N5O2. The Morgan fingerprint density at radius 1 is 1.12 bits per heavy atom. The smallest absolute Gasteiger partial charge is 0.274 e. The largest absolute Gasteiger partial charge is 0.395 e. The number of aliphatic hydroxyl groups excluding tert-OH is 1. The number of hydrogen-bond acceptors (Lipinski definition) is 6. The maximum atomic E-state index is 13.0. The van der Waals surface area contributed by atoms with Gasteiger partial charge in [-0.25, -0.2) is 9.97 Å². The van der Waals surface area contributed by atoms with Crippen molar-refractivity contribution in [1.82, 2.24) is 15.3 Å². The fraction of sp³-hybridized carbons (Fsp3) is 0.560. The van der Waals surface area contributed by atoms with Crippen molar-refractivity contribution in [1.29, 1.82) is 0 Å². The van der Waals surface area contributed by atoms with Gasteiger partial charge in [-0.2, -0.15) is 0 Å². The SMILES string of the molecule is Cc1cc(CNCCO)ccc1NC(=O)c1cc(N(CC2CC2)C2CCCCC2)ncn1. The predicted octanol–water partition coefficient (Wildman–Crippen LogP) is 3.67. The van der Waals surface area contributed by atoms with Crippen LogP contribution in [0.4, 0.5) is 11.5 Å². The second-order valence-corrected chi connectivity index (χ2v) is 9.15. The Morgan fingerprint density at radius 2 is 1.94 bits per heavy atom. The first kappa shape index (κ1) is 22.7. The number of carbonyl (C=O) groups is 1. The molecule has 1 aromatic heterocycles. The van der Waals surface area contributed by atoms with Gasteiger partial charge in [0, 0.05) is 37.4 Å². The first-order chi connectivity index (χ1) is 15.6. The van der Waals surface area contributed by atoms with Crippen molar-refractivity contribution in [2.24, 2.45) is 5.92 Å². The number of rotatable bonds is 10. The number of carbonyl (C=O) groups excluding carboxylic acids is 1. The summed E-state index contributed by atoms with van der Waals surface area (Å²) in [6.45, 7) is 4.38. The predicted molar refractivity (Wildman–Crippen MR) is 127 cm³/mol. The van der Waals surface area contributed by atoms with Gasteiger partial charge in [-0.15, -0.1) is 0 Å². The quantitative estimate of drug-likeness (QED) is 0.492. The zero-order chi connectivity index (χ0) is 22.3. The molecule has 3 N–H and O–H groups in total. The van der Waals surface area contributed by atoms with Gasteiger partial charge >= 0.3 is 0 Å². The van der Waals surface area contributed by atoms with Gasteiger partial charge in [-0.3, -0.25) is 4.79 Å². The molecule has 7 nitrogen and oxygen atoms in total. The summed E-state index contributed by atoms with van der Waals surface area (Å²) in [4.78, 5) is 24.3. The summed E-state index contributed by atoms with van der Waals surface area (Å²) < 4.78 is 0. The number of benzene rings is 1. The number of aromatic nitrogens is 2. The summed E-state index contributed by atoms with van der Waals surface area (Å²) >= 11 is 0. The lowest BCUT2D eigenvalue weighted by Gasteiger charge is -2.35. The van der Waals surface area contributed by atoms with E-state index >= 15 is 0 Å². The molecular weight excluding hydrogens is 402 g/mol. The van der Waals surface area contributed by atoms with Gasteiger partial charge in [0.15, 0.2) is 0 Å². The lowest BCUT2D eigenvalue weighted by atomic mass is 9.94. The highest BCUT2D eigenvalue weighted by Crippen LogP contribution is 2.34. The summed E-state index contributed by atoms with van der Waals surface area (Å²) in [6, 6.07) is 8.33. The number of aliphatic hydroxyl groups is 1. The second kappa shape index (κ2) is 10.9. The molecule has 172 valence electrons. The van der Waals surface area contributed by atoms with Crippen LogP contribution in [0.3, 0.4) is 0 Å². The Balaban J connectivity index is 1.45. The van der Waals surface area contributed by atoms with E-state index in [1.807, 2.05) is 31.2 Å². The fourth-order valence-corrected chi connectivity index (χ4v) is 4.50. The minimum absolute atomic E-state index is 0.118. The minimum atomic E-state index is -0.210. The van der Waals surface area contributed by atoms with E-state index in [0.717, 1.165) is 35.1 Å². The molecule has 0 spiro atoms. The highest BCUT2D eigenvalue weighted by Gasteiger charge is 2.30. The lowest BCUT2D eigenvalue weighted by Crippen LogP contribution is -2.39.